The molecule has 0 unspecified atom stereocenters. The van der Waals surface area contributed by atoms with Crippen LogP contribution in [0.4, 0.5) is 0 Å². The maximum Gasteiger partial charge on any atom is 0.0455 e. The van der Waals surface area contributed by atoms with Gasteiger partial charge in [0.15, 0.2) is 0 Å². The lowest BCUT2D eigenvalue weighted by Gasteiger charge is -1.99. The Morgan fingerprint density at radius 2 is 1.38 bits per heavy atom. The molecule has 0 aromatic rings. The lowest BCUT2D eigenvalue weighted by atomic mass is 10.1. The fourth-order valence-corrected chi connectivity index (χ4v) is 1.47. The van der Waals surface area contributed by atoms with Crippen molar-refractivity contribution in [1.82, 2.24) is 5.73 Å². The zero-order chi connectivity index (χ0) is 9.78. The Morgan fingerprint density at radius 1 is 0.846 bits per heavy atom. The summed E-state index contributed by atoms with van der Waals surface area (Å²) in [4.78, 5) is 0. The van der Waals surface area contributed by atoms with Crippen molar-refractivity contribution in [3.63, 3.8) is 0 Å². The summed E-state index contributed by atoms with van der Waals surface area (Å²) in [7, 11) is 0. The highest BCUT2D eigenvalue weighted by Gasteiger charge is 1.89. The van der Waals surface area contributed by atoms with E-state index < -0.39 is 0 Å². The highest BCUT2D eigenvalue weighted by Crippen LogP contribution is 2.09. The number of hydrogen-bond acceptors (Lipinski definition) is 0. The molecule has 0 spiro atoms. The molecule has 2 radical (unpaired) electrons. The van der Waals surface area contributed by atoms with E-state index in [0.29, 0.717) is 0 Å². The molecule has 0 aliphatic carbocycles. The molecule has 0 fully saturated rings. The van der Waals surface area contributed by atoms with Crippen LogP contribution in [-0.4, -0.2) is 0 Å². The lowest BCUT2D eigenvalue weighted by molar-refractivity contribution is 0.577. The zero-order valence-electron chi connectivity index (χ0n) is 8.97. The maximum atomic E-state index is 8.39. The van der Waals surface area contributed by atoms with Crippen LogP contribution in [-0.2, 0) is 0 Å². The first-order chi connectivity index (χ1) is 6.41. The molecule has 0 bridgehead atoms. The van der Waals surface area contributed by atoms with Gasteiger partial charge in [0.25, 0.3) is 0 Å². The van der Waals surface area contributed by atoms with Gasteiger partial charge in [0.05, 0.1) is 0 Å². The van der Waals surface area contributed by atoms with Crippen molar-refractivity contribution < 1.29 is 0 Å². The molecule has 0 aliphatic rings. The van der Waals surface area contributed by atoms with E-state index in [1.165, 1.54) is 51.4 Å². The molecule has 0 atom stereocenters. The van der Waals surface area contributed by atoms with Gasteiger partial charge in [0, 0.05) is 6.20 Å². The first kappa shape index (κ1) is 12.5. The van der Waals surface area contributed by atoms with Crippen LogP contribution >= 0.6 is 0 Å². The second kappa shape index (κ2) is 11.5. The number of rotatable bonds is 9. The van der Waals surface area contributed by atoms with E-state index in [2.05, 4.69) is 6.92 Å². The summed E-state index contributed by atoms with van der Waals surface area (Å²) < 4.78 is 0. The molecule has 0 aromatic carbocycles. The van der Waals surface area contributed by atoms with Crippen molar-refractivity contribution in [1.29, 1.82) is 0 Å². The Hall–Kier alpha value is -0.460. The van der Waals surface area contributed by atoms with Crippen LogP contribution in [0.5, 0.6) is 0 Å². The third-order valence-corrected chi connectivity index (χ3v) is 2.33. The minimum atomic E-state index is 1.03. The molecule has 0 saturated heterocycles. The van der Waals surface area contributed by atoms with Crippen LogP contribution in [0.2, 0.25) is 0 Å². The van der Waals surface area contributed by atoms with E-state index in [0.717, 1.165) is 12.6 Å². The number of allylic oxidation sites excluding steroid dienone is 1. The van der Waals surface area contributed by atoms with Crippen molar-refractivity contribution in [3.8, 4) is 0 Å². The summed E-state index contributed by atoms with van der Waals surface area (Å²) in [6.07, 6.45) is 14.9. The largest absolute Gasteiger partial charge is 0.160 e. The van der Waals surface area contributed by atoms with Gasteiger partial charge in [-0.05, 0) is 12.8 Å². The Labute approximate surface area is 83.4 Å². The standard InChI is InChI=1S/C12H23N/c1-2-3-4-5-6-7-8-9-10-11-12-13/h11-12H,2-10H2,1H3. The fourth-order valence-electron chi connectivity index (χ4n) is 1.47. The molecular formula is C12H23N. The van der Waals surface area contributed by atoms with Crippen molar-refractivity contribution in [3.05, 3.63) is 12.3 Å². The summed E-state index contributed by atoms with van der Waals surface area (Å²) in [5.41, 5.74) is 8.39. The predicted octanol–water partition coefficient (Wildman–Crippen LogP) is 4.10. The molecule has 0 heterocycles. The molecule has 0 amide bonds. The SMILES string of the molecule is CCCCCCCCCCC=C[N]. The molecule has 0 aromatic heterocycles. The van der Waals surface area contributed by atoms with Crippen LogP contribution in [0.15, 0.2) is 12.3 Å². The van der Waals surface area contributed by atoms with Gasteiger partial charge in [-0.25, -0.2) is 0 Å². The highest BCUT2D eigenvalue weighted by molar-refractivity contribution is 4.74. The van der Waals surface area contributed by atoms with Gasteiger partial charge < -0.3 is 0 Å². The quantitative estimate of drug-likeness (QED) is 0.478. The minimum Gasteiger partial charge on any atom is -0.160 e. The molecule has 13 heavy (non-hydrogen) atoms. The Bertz CT molecular complexity index is 108. The van der Waals surface area contributed by atoms with Crippen LogP contribution in [0.3, 0.4) is 0 Å². The third-order valence-electron chi connectivity index (χ3n) is 2.33. The van der Waals surface area contributed by atoms with Crippen molar-refractivity contribution >= 4 is 0 Å². The summed E-state index contributed by atoms with van der Waals surface area (Å²) in [6.45, 7) is 2.25. The monoisotopic (exact) mass is 181 g/mol. The number of nitrogens with zero attached hydrogens (tertiary/aromatic N) is 1. The van der Waals surface area contributed by atoms with Gasteiger partial charge in [-0.3, -0.25) is 0 Å². The van der Waals surface area contributed by atoms with Crippen molar-refractivity contribution in [2.45, 2.75) is 64.7 Å². The first-order valence-electron chi connectivity index (χ1n) is 5.71. The summed E-state index contributed by atoms with van der Waals surface area (Å²) in [6, 6.07) is 0. The molecule has 1 nitrogen and oxygen atoms in total. The van der Waals surface area contributed by atoms with E-state index in [4.69, 9.17) is 5.73 Å². The van der Waals surface area contributed by atoms with Gasteiger partial charge in [0.1, 0.15) is 0 Å². The molecular weight excluding hydrogens is 158 g/mol. The Kier molecular flexibility index (Phi) is 11.1. The van der Waals surface area contributed by atoms with Crippen LogP contribution < -0.4 is 5.73 Å². The molecule has 0 aliphatic heterocycles. The van der Waals surface area contributed by atoms with Gasteiger partial charge in [-0.2, -0.15) is 5.73 Å². The smallest absolute Gasteiger partial charge is 0.0455 e. The van der Waals surface area contributed by atoms with E-state index in [1.807, 2.05) is 6.08 Å². The molecule has 76 valence electrons. The summed E-state index contributed by atoms with van der Waals surface area (Å²) in [5.74, 6) is 0. The predicted molar refractivity (Wildman–Crippen MR) is 58.5 cm³/mol. The molecule has 0 saturated carbocycles. The molecule has 0 N–H and O–H groups in total. The second-order valence-electron chi connectivity index (χ2n) is 3.65. The topological polar surface area (TPSA) is 22.3 Å². The van der Waals surface area contributed by atoms with Gasteiger partial charge in [-0.1, -0.05) is 57.9 Å². The summed E-state index contributed by atoms with van der Waals surface area (Å²) in [5, 5.41) is 0. The van der Waals surface area contributed by atoms with Gasteiger partial charge in [0.2, 0.25) is 0 Å². The van der Waals surface area contributed by atoms with Crippen molar-refractivity contribution in [2.75, 3.05) is 0 Å². The average Bonchev–Trinajstić information content (AvgIpc) is 2.16. The first-order valence-corrected chi connectivity index (χ1v) is 5.71. The number of hydrogen-bond donors (Lipinski definition) is 0. The highest BCUT2D eigenvalue weighted by atomic mass is 14.5. The Morgan fingerprint density at radius 3 is 1.92 bits per heavy atom. The Balaban J connectivity index is 2.83. The molecule has 0 rings (SSSR count). The van der Waals surface area contributed by atoms with Crippen LogP contribution in [0, 0.1) is 0 Å². The lowest BCUT2D eigenvalue weighted by Crippen LogP contribution is -1.79. The molecule has 1 heteroatoms. The minimum absolute atomic E-state index is 1.03. The van der Waals surface area contributed by atoms with E-state index in [-0.39, 0.29) is 0 Å². The van der Waals surface area contributed by atoms with E-state index >= 15 is 0 Å². The van der Waals surface area contributed by atoms with Gasteiger partial charge >= 0.3 is 0 Å². The fraction of sp³-hybridized carbons (Fsp3) is 0.833. The van der Waals surface area contributed by atoms with Gasteiger partial charge in [-0.15, -0.1) is 0 Å². The second-order valence-corrected chi connectivity index (χ2v) is 3.65. The van der Waals surface area contributed by atoms with Crippen LogP contribution in [0.25, 0.3) is 0 Å². The van der Waals surface area contributed by atoms with E-state index in [1.54, 1.807) is 0 Å². The number of unbranched alkanes of at least 4 members (excludes halogenated alkanes) is 8. The van der Waals surface area contributed by atoms with Crippen LogP contribution in [0.1, 0.15) is 64.7 Å². The third kappa shape index (κ3) is 11.5. The zero-order valence-corrected chi connectivity index (χ0v) is 8.97. The van der Waals surface area contributed by atoms with Crippen molar-refractivity contribution in [2.24, 2.45) is 0 Å². The normalized spacial score (nSPS) is 11.2. The maximum absolute atomic E-state index is 8.39. The van der Waals surface area contributed by atoms with E-state index in [9.17, 15) is 0 Å². The summed E-state index contributed by atoms with van der Waals surface area (Å²) >= 11 is 0. The average molecular weight is 181 g/mol.